The van der Waals surface area contributed by atoms with Crippen LogP contribution >= 0.6 is 11.3 Å². The minimum absolute atomic E-state index is 0.227. The van der Waals surface area contributed by atoms with E-state index in [2.05, 4.69) is 47.7 Å². The topological polar surface area (TPSA) is 24.9 Å². The first-order valence-corrected chi connectivity index (χ1v) is 6.38. The zero-order valence-electron chi connectivity index (χ0n) is 9.60. The van der Waals surface area contributed by atoms with Gasteiger partial charge in [0.05, 0.1) is 11.7 Å². The zero-order valence-corrected chi connectivity index (χ0v) is 10.4. The van der Waals surface area contributed by atoms with Gasteiger partial charge in [0.1, 0.15) is 0 Å². The first-order valence-electron chi connectivity index (χ1n) is 5.50. The maximum absolute atomic E-state index is 4.46. The van der Waals surface area contributed by atoms with Crippen molar-refractivity contribution in [1.29, 1.82) is 0 Å². The molecular formula is C13H16N2S. The molecule has 0 fully saturated rings. The molecule has 0 saturated heterocycles. The Morgan fingerprint density at radius 2 is 2.31 bits per heavy atom. The van der Waals surface area contributed by atoms with Gasteiger partial charge in [-0.05, 0) is 42.6 Å². The van der Waals surface area contributed by atoms with E-state index in [-0.39, 0.29) is 6.04 Å². The summed E-state index contributed by atoms with van der Waals surface area (Å²) in [4.78, 5) is 5.78. The number of hydrogen-bond acceptors (Lipinski definition) is 3. The Morgan fingerprint density at radius 3 is 2.94 bits per heavy atom. The number of rotatable bonds is 4. The van der Waals surface area contributed by atoms with Crippen LogP contribution in [0.15, 0.2) is 35.8 Å². The second-order valence-electron chi connectivity index (χ2n) is 3.76. The van der Waals surface area contributed by atoms with Crippen molar-refractivity contribution in [1.82, 2.24) is 10.3 Å². The van der Waals surface area contributed by atoms with Crippen LogP contribution in [0.5, 0.6) is 0 Å². The van der Waals surface area contributed by atoms with Gasteiger partial charge < -0.3 is 5.32 Å². The van der Waals surface area contributed by atoms with Crippen molar-refractivity contribution in [3.63, 3.8) is 0 Å². The summed E-state index contributed by atoms with van der Waals surface area (Å²) < 4.78 is 0. The highest BCUT2D eigenvalue weighted by molar-refractivity contribution is 7.10. The quantitative estimate of drug-likeness (QED) is 0.876. The van der Waals surface area contributed by atoms with Crippen LogP contribution in [0.2, 0.25) is 0 Å². The van der Waals surface area contributed by atoms with Crippen LogP contribution in [-0.4, -0.2) is 11.5 Å². The van der Waals surface area contributed by atoms with Gasteiger partial charge in [0.2, 0.25) is 0 Å². The third kappa shape index (κ3) is 2.49. The van der Waals surface area contributed by atoms with Gasteiger partial charge in [0.25, 0.3) is 0 Å². The molecule has 1 N–H and O–H groups in total. The Morgan fingerprint density at radius 1 is 1.44 bits per heavy atom. The van der Waals surface area contributed by atoms with Crippen LogP contribution in [0.25, 0.3) is 0 Å². The van der Waals surface area contributed by atoms with Crippen molar-refractivity contribution >= 4 is 11.3 Å². The molecule has 0 amide bonds. The highest BCUT2D eigenvalue weighted by Gasteiger charge is 2.14. The predicted molar refractivity (Wildman–Crippen MR) is 68.8 cm³/mol. The summed E-state index contributed by atoms with van der Waals surface area (Å²) in [5.41, 5.74) is 2.36. The van der Waals surface area contributed by atoms with E-state index in [1.807, 2.05) is 12.3 Å². The fourth-order valence-electron chi connectivity index (χ4n) is 1.73. The van der Waals surface area contributed by atoms with E-state index in [9.17, 15) is 0 Å². The Bertz CT molecular complexity index is 437. The standard InChI is InChI=1S/C13H16N2S/c1-3-14-13(12-5-4-8-16-12)11-9-10(2)6-7-15-11/h4-9,13-14H,3H2,1-2H3. The summed E-state index contributed by atoms with van der Waals surface area (Å²) >= 11 is 1.77. The van der Waals surface area contributed by atoms with Crippen LogP contribution < -0.4 is 5.32 Å². The van der Waals surface area contributed by atoms with Gasteiger partial charge in [-0.3, -0.25) is 4.98 Å². The summed E-state index contributed by atoms with van der Waals surface area (Å²) in [6.07, 6.45) is 1.88. The molecule has 0 aromatic carbocycles. The lowest BCUT2D eigenvalue weighted by Gasteiger charge is -2.16. The largest absolute Gasteiger partial charge is 0.305 e. The fraction of sp³-hybridized carbons (Fsp3) is 0.308. The van der Waals surface area contributed by atoms with E-state index in [1.165, 1.54) is 10.4 Å². The SMILES string of the molecule is CCNC(c1cc(C)ccn1)c1cccs1. The summed E-state index contributed by atoms with van der Waals surface area (Å²) in [6, 6.07) is 8.64. The number of aromatic nitrogens is 1. The zero-order chi connectivity index (χ0) is 11.4. The maximum Gasteiger partial charge on any atom is 0.0844 e. The molecule has 3 heteroatoms. The van der Waals surface area contributed by atoms with Gasteiger partial charge >= 0.3 is 0 Å². The molecule has 2 heterocycles. The van der Waals surface area contributed by atoms with E-state index in [0.717, 1.165) is 12.2 Å². The summed E-state index contributed by atoms with van der Waals surface area (Å²) in [7, 11) is 0. The molecule has 2 rings (SSSR count). The molecule has 0 bridgehead atoms. The molecule has 2 aromatic heterocycles. The number of hydrogen-bond donors (Lipinski definition) is 1. The summed E-state index contributed by atoms with van der Waals surface area (Å²) in [5.74, 6) is 0. The molecule has 84 valence electrons. The van der Waals surface area contributed by atoms with Crippen LogP contribution in [0.3, 0.4) is 0 Å². The number of nitrogens with zero attached hydrogens (tertiary/aromatic N) is 1. The Balaban J connectivity index is 2.33. The first kappa shape index (κ1) is 11.3. The lowest BCUT2D eigenvalue weighted by atomic mass is 10.1. The van der Waals surface area contributed by atoms with Crippen molar-refractivity contribution in [3.8, 4) is 0 Å². The number of nitrogens with one attached hydrogen (secondary N) is 1. The lowest BCUT2D eigenvalue weighted by molar-refractivity contribution is 0.624. The van der Waals surface area contributed by atoms with Crippen molar-refractivity contribution in [2.75, 3.05) is 6.54 Å². The van der Waals surface area contributed by atoms with E-state index >= 15 is 0 Å². The maximum atomic E-state index is 4.46. The number of pyridine rings is 1. The molecule has 0 radical (unpaired) electrons. The average molecular weight is 232 g/mol. The molecular weight excluding hydrogens is 216 g/mol. The first-order chi connectivity index (χ1) is 7.81. The fourth-order valence-corrected chi connectivity index (χ4v) is 2.54. The average Bonchev–Trinajstić information content (AvgIpc) is 2.79. The van der Waals surface area contributed by atoms with E-state index in [4.69, 9.17) is 0 Å². The molecule has 1 atom stereocenters. The second kappa shape index (κ2) is 5.23. The highest BCUT2D eigenvalue weighted by atomic mass is 32.1. The van der Waals surface area contributed by atoms with Crippen LogP contribution in [0.1, 0.15) is 29.1 Å². The summed E-state index contributed by atoms with van der Waals surface area (Å²) in [5, 5.41) is 5.58. The smallest absolute Gasteiger partial charge is 0.0844 e. The van der Waals surface area contributed by atoms with E-state index < -0.39 is 0 Å². The predicted octanol–water partition coefficient (Wildman–Crippen LogP) is 3.15. The van der Waals surface area contributed by atoms with Gasteiger partial charge in [-0.2, -0.15) is 0 Å². The molecule has 1 unspecified atom stereocenters. The molecule has 0 aliphatic carbocycles. The van der Waals surface area contributed by atoms with Crippen LogP contribution in [0, 0.1) is 6.92 Å². The second-order valence-corrected chi connectivity index (χ2v) is 4.74. The van der Waals surface area contributed by atoms with Crippen LogP contribution in [0.4, 0.5) is 0 Å². The van der Waals surface area contributed by atoms with Gasteiger partial charge in [-0.25, -0.2) is 0 Å². The third-order valence-corrected chi connectivity index (χ3v) is 3.41. The van der Waals surface area contributed by atoms with Gasteiger partial charge in [0, 0.05) is 11.1 Å². The van der Waals surface area contributed by atoms with Gasteiger partial charge in [0.15, 0.2) is 0 Å². The molecule has 0 spiro atoms. The minimum atomic E-state index is 0.227. The van der Waals surface area contributed by atoms with Gasteiger partial charge in [-0.15, -0.1) is 11.3 Å². The number of thiophene rings is 1. The monoisotopic (exact) mass is 232 g/mol. The molecule has 0 saturated carbocycles. The van der Waals surface area contributed by atoms with Crippen LogP contribution in [-0.2, 0) is 0 Å². The van der Waals surface area contributed by atoms with Crippen molar-refractivity contribution in [3.05, 3.63) is 52.0 Å². The van der Waals surface area contributed by atoms with E-state index in [1.54, 1.807) is 11.3 Å². The Kier molecular flexibility index (Phi) is 3.70. The Labute approximate surface area is 100 Å². The van der Waals surface area contributed by atoms with Crippen molar-refractivity contribution in [2.24, 2.45) is 0 Å². The normalized spacial score (nSPS) is 12.6. The van der Waals surface area contributed by atoms with Crippen molar-refractivity contribution < 1.29 is 0 Å². The van der Waals surface area contributed by atoms with Gasteiger partial charge in [-0.1, -0.05) is 13.0 Å². The lowest BCUT2D eigenvalue weighted by Crippen LogP contribution is -2.22. The number of aryl methyl sites for hydroxylation is 1. The Hall–Kier alpha value is -1.19. The van der Waals surface area contributed by atoms with E-state index in [0.29, 0.717) is 0 Å². The molecule has 2 aromatic rings. The third-order valence-electron chi connectivity index (χ3n) is 2.47. The molecule has 0 aliphatic rings. The summed E-state index contributed by atoms with van der Waals surface area (Å²) in [6.45, 7) is 5.16. The molecule has 16 heavy (non-hydrogen) atoms. The van der Waals surface area contributed by atoms with Crippen molar-refractivity contribution in [2.45, 2.75) is 19.9 Å². The highest BCUT2D eigenvalue weighted by Crippen LogP contribution is 2.24. The molecule has 2 nitrogen and oxygen atoms in total. The molecule has 0 aliphatic heterocycles. The minimum Gasteiger partial charge on any atom is -0.305 e.